The Balaban J connectivity index is 2.24. The molecule has 1 N–H and O–H groups in total. The molecule has 0 spiro atoms. The van der Waals surface area contributed by atoms with Crippen molar-refractivity contribution in [2.45, 2.75) is 13.0 Å². The molecule has 1 heterocycles. The van der Waals surface area contributed by atoms with Gasteiger partial charge in [-0.25, -0.2) is 0 Å². The summed E-state index contributed by atoms with van der Waals surface area (Å²) in [5, 5.41) is 9.90. The van der Waals surface area contributed by atoms with Crippen LogP contribution in [-0.4, -0.2) is 10.1 Å². The van der Waals surface area contributed by atoms with E-state index >= 15 is 0 Å². The van der Waals surface area contributed by atoms with Gasteiger partial charge >= 0.3 is 0 Å². The number of aliphatic hydroxyl groups excluding tert-OH is 1. The fraction of sp³-hybridized carbons (Fsp3) is 0.154. The van der Waals surface area contributed by atoms with Gasteiger partial charge in [-0.2, -0.15) is 0 Å². The minimum atomic E-state index is -0.552. The lowest BCUT2D eigenvalue weighted by Crippen LogP contribution is -1.92. The molecular weight excluding hydrogens is 318 g/mol. The minimum absolute atomic E-state index is 0.452. The Labute approximate surface area is 119 Å². The molecular formula is C13H11BrClNO2. The Morgan fingerprint density at radius 2 is 2.11 bits per heavy atom. The van der Waals surface area contributed by atoms with E-state index in [1.807, 2.05) is 0 Å². The molecule has 5 heteroatoms. The fourth-order valence-electron chi connectivity index (χ4n) is 1.43. The van der Waals surface area contributed by atoms with Crippen LogP contribution in [0.4, 0.5) is 0 Å². The number of ether oxygens (including phenoxy) is 1. The van der Waals surface area contributed by atoms with Crippen molar-refractivity contribution in [2.24, 2.45) is 0 Å². The summed E-state index contributed by atoms with van der Waals surface area (Å²) in [6, 6.07) is 6.99. The molecule has 0 fully saturated rings. The maximum atomic E-state index is 9.45. The SMILES string of the molecule is CC(O)c1ccc(Oc2cncc(Br)c2)c(Cl)c1. The van der Waals surface area contributed by atoms with Gasteiger partial charge in [0.15, 0.2) is 0 Å². The second-order valence-electron chi connectivity index (χ2n) is 3.81. The first-order chi connectivity index (χ1) is 8.56. The Morgan fingerprint density at radius 3 is 2.72 bits per heavy atom. The zero-order valence-electron chi connectivity index (χ0n) is 9.60. The summed E-state index contributed by atoms with van der Waals surface area (Å²) in [5.41, 5.74) is 0.750. The van der Waals surface area contributed by atoms with Crippen LogP contribution in [0.15, 0.2) is 41.1 Å². The molecule has 0 aliphatic heterocycles. The Kier molecular flexibility index (Phi) is 4.22. The van der Waals surface area contributed by atoms with Crippen molar-refractivity contribution in [2.75, 3.05) is 0 Å². The number of benzene rings is 1. The summed E-state index contributed by atoms with van der Waals surface area (Å²) >= 11 is 9.41. The Hall–Kier alpha value is -1.10. The zero-order chi connectivity index (χ0) is 13.1. The van der Waals surface area contributed by atoms with E-state index in [2.05, 4.69) is 20.9 Å². The van der Waals surface area contributed by atoms with Crippen LogP contribution >= 0.6 is 27.5 Å². The first-order valence-electron chi connectivity index (χ1n) is 5.32. The minimum Gasteiger partial charge on any atom is -0.454 e. The lowest BCUT2D eigenvalue weighted by molar-refractivity contribution is 0.199. The van der Waals surface area contributed by atoms with Gasteiger partial charge < -0.3 is 9.84 Å². The lowest BCUT2D eigenvalue weighted by atomic mass is 10.1. The van der Waals surface area contributed by atoms with E-state index < -0.39 is 6.10 Å². The standard InChI is InChI=1S/C13H11BrClNO2/c1-8(17)9-2-3-13(12(15)4-9)18-11-5-10(14)6-16-7-11/h2-8,17H,1H3. The summed E-state index contributed by atoms with van der Waals surface area (Å²) in [5.74, 6) is 1.12. The summed E-state index contributed by atoms with van der Waals surface area (Å²) < 4.78 is 6.45. The number of rotatable bonds is 3. The average molecular weight is 329 g/mol. The van der Waals surface area contributed by atoms with Crippen molar-refractivity contribution < 1.29 is 9.84 Å². The summed E-state index contributed by atoms with van der Waals surface area (Å²) in [4.78, 5) is 4.00. The highest BCUT2D eigenvalue weighted by Crippen LogP contribution is 2.32. The molecule has 0 amide bonds. The molecule has 0 radical (unpaired) electrons. The molecule has 0 saturated carbocycles. The number of halogens is 2. The molecule has 2 aromatic rings. The molecule has 0 saturated heterocycles. The van der Waals surface area contributed by atoms with Gasteiger partial charge in [0, 0.05) is 10.7 Å². The average Bonchev–Trinajstić information content (AvgIpc) is 2.31. The van der Waals surface area contributed by atoms with Crippen LogP contribution in [0.5, 0.6) is 11.5 Å². The van der Waals surface area contributed by atoms with Crippen LogP contribution in [0.25, 0.3) is 0 Å². The van der Waals surface area contributed by atoms with Gasteiger partial charge in [0.1, 0.15) is 11.5 Å². The molecule has 1 aromatic heterocycles. The summed E-state index contributed by atoms with van der Waals surface area (Å²) in [6.45, 7) is 1.68. The van der Waals surface area contributed by atoms with Gasteiger partial charge in [-0.05, 0) is 46.6 Å². The Morgan fingerprint density at radius 1 is 1.33 bits per heavy atom. The van der Waals surface area contributed by atoms with Crippen LogP contribution in [0, 0.1) is 0 Å². The van der Waals surface area contributed by atoms with E-state index in [1.54, 1.807) is 43.6 Å². The molecule has 2 rings (SSSR count). The lowest BCUT2D eigenvalue weighted by Gasteiger charge is -2.10. The summed E-state index contributed by atoms with van der Waals surface area (Å²) in [6.07, 6.45) is 2.72. The summed E-state index contributed by atoms with van der Waals surface area (Å²) in [7, 11) is 0. The predicted octanol–water partition coefficient (Wildman–Crippen LogP) is 4.34. The van der Waals surface area contributed by atoms with Crippen LogP contribution in [0.1, 0.15) is 18.6 Å². The number of hydrogen-bond acceptors (Lipinski definition) is 3. The number of aromatic nitrogens is 1. The molecule has 0 bridgehead atoms. The number of aliphatic hydroxyl groups is 1. The van der Waals surface area contributed by atoms with Gasteiger partial charge in [0.25, 0.3) is 0 Å². The van der Waals surface area contributed by atoms with Crippen LogP contribution in [0.2, 0.25) is 5.02 Å². The van der Waals surface area contributed by atoms with Crippen molar-refractivity contribution in [3.05, 3.63) is 51.7 Å². The molecule has 1 atom stereocenters. The monoisotopic (exact) mass is 327 g/mol. The third-order valence-electron chi connectivity index (χ3n) is 2.35. The highest BCUT2D eigenvalue weighted by molar-refractivity contribution is 9.10. The number of hydrogen-bond donors (Lipinski definition) is 1. The first-order valence-corrected chi connectivity index (χ1v) is 6.49. The number of pyridine rings is 1. The van der Waals surface area contributed by atoms with Gasteiger partial charge in [-0.3, -0.25) is 4.98 Å². The molecule has 3 nitrogen and oxygen atoms in total. The van der Waals surface area contributed by atoms with Crippen molar-refractivity contribution >= 4 is 27.5 Å². The van der Waals surface area contributed by atoms with Crippen molar-refractivity contribution in [3.63, 3.8) is 0 Å². The smallest absolute Gasteiger partial charge is 0.146 e. The number of nitrogens with zero attached hydrogens (tertiary/aromatic N) is 1. The van der Waals surface area contributed by atoms with E-state index in [0.717, 1.165) is 10.0 Å². The normalized spacial score (nSPS) is 12.2. The third-order valence-corrected chi connectivity index (χ3v) is 3.07. The molecule has 1 unspecified atom stereocenters. The maximum absolute atomic E-state index is 9.45. The topological polar surface area (TPSA) is 42.4 Å². The van der Waals surface area contributed by atoms with Gasteiger partial charge in [-0.15, -0.1) is 0 Å². The molecule has 94 valence electrons. The van der Waals surface area contributed by atoms with Crippen molar-refractivity contribution in [1.82, 2.24) is 4.98 Å². The highest BCUT2D eigenvalue weighted by Gasteiger charge is 2.07. The highest BCUT2D eigenvalue weighted by atomic mass is 79.9. The second kappa shape index (κ2) is 5.69. The largest absolute Gasteiger partial charge is 0.454 e. The maximum Gasteiger partial charge on any atom is 0.146 e. The van der Waals surface area contributed by atoms with E-state index in [9.17, 15) is 5.11 Å². The van der Waals surface area contributed by atoms with E-state index in [-0.39, 0.29) is 0 Å². The fourth-order valence-corrected chi connectivity index (χ4v) is 2.01. The molecule has 18 heavy (non-hydrogen) atoms. The molecule has 0 aliphatic rings. The van der Waals surface area contributed by atoms with Crippen LogP contribution in [0.3, 0.4) is 0 Å². The first kappa shape index (κ1) is 13.3. The quantitative estimate of drug-likeness (QED) is 0.911. The molecule has 1 aromatic carbocycles. The Bertz CT molecular complexity index is 560. The second-order valence-corrected chi connectivity index (χ2v) is 5.13. The molecule has 0 aliphatic carbocycles. The van der Waals surface area contributed by atoms with Gasteiger partial charge in [-0.1, -0.05) is 17.7 Å². The van der Waals surface area contributed by atoms with Crippen LogP contribution in [-0.2, 0) is 0 Å². The van der Waals surface area contributed by atoms with Crippen LogP contribution < -0.4 is 4.74 Å². The van der Waals surface area contributed by atoms with Gasteiger partial charge in [0.2, 0.25) is 0 Å². The van der Waals surface area contributed by atoms with Crippen molar-refractivity contribution in [1.29, 1.82) is 0 Å². The predicted molar refractivity (Wildman–Crippen MR) is 74.1 cm³/mol. The van der Waals surface area contributed by atoms with Crippen molar-refractivity contribution in [3.8, 4) is 11.5 Å². The van der Waals surface area contributed by atoms with E-state index in [1.165, 1.54) is 0 Å². The third kappa shape index (κ3) is 3.22. The van der Waals surface area contributed by atoms with Gasteiger partial charge in [0.05, 0.1) is 17.3 Å². The zero-order valence-corrected chi connectivity index (χ0v) is 11.9. The van der Waals surface area contributed by atoms with E-state index in [0.29, 0.717) is 16.5 Å². The van der Waals surface area contributed by atoms with E-state index in [4.69, 9.17) is 16.3 Å².